The summed E-state index contributed by atoms with van der Waals surface area (Å²) < 4.78 is 2.53. The molecule has 0 aliphatic heterocycles. The van der Waals surface area contributed by atoms with E-state index >= 15 is 0 Å². The predicted molar refractivity (Wildman–Crippen MR) is 120 cm³/mol. The number of nitrogens with zero attached hydrogens (tertiary/aromatic N) is 5. The van der Waals surface area contributed by atoms with E-state index in [0.717, 1.165) is 57.5 Å². The second kappa shape index (κ2) is 8.29. The van der Waals surface area contributed by atoms with Crippen LogP contribution in [0.2, 0.25) is 0 Å². The summed E-state index contributed by atoms with van der Waals surface area (Å²) in [5, 5.41) is 4.47. The van der Waals surface area contributed by atoms with Gasteiger partial charge in [0.25, 0.3) is 0 Å². The third kappa shape index (κ3) is 3.62. The molecule has 7 heteroatoms. The van der Waals surface area contributed by atoms with Gasteiger partial charge in [-0.3, -0.25) is 9.97 Å². The lowest BCUT2D eigenvalue weighted by Crippen LogP contribution is -2.09. The third-order valence-electron chi connectivity index (χ3n) is 5.20. The molecule has 0 fully saturated rings. The van der Waals surface area contributed by atoms with E-state index in [1.807, 2.05) is 36.7 Å². The molecule has 4 aromatic heterocycles. The van der Waals surface area contributed by atoms with Crippen molar-refractivity contribution in [1.29, 1.82) is 0 Å². The molecular weight excluding hydrogens is 428 g/mol. The summed E-state index contributed by atoms with van der Waals surface area (Å²) in [6.45, 7) is 4.38. The number of fused-ring (bicyclic) bond motifs is 1. The summed E-state index contributed by atoms with van der Waals surface area (Å²) in [6, 6.07) is 7.93. The molecule has 4 rings (SSSR count). The van der Waals surface area contributed by atoms with E-state index < -0.39 is 0 Å². The van der Waals surface area contributed by atoms with Crippen LogP contribution in [0.5, 0.6) is 0 Å². The second-order valence-corrected chi connectivity index (χ2v) is 7.85. The largest absolute Gasteiger partial charge is 0.383 e. The highest BCUT2D eigenvalue weighted by atomic mass is 79.9. The minimum atomic E-state index is 0.357. The Labute approximate surface area is 178 Å². The van der Waals surface area contributed by atoms with Crippen LogP contribution in [0.1, 0.15) is 44.7 Å². The third-order valence-corrected chi connectivity index (χ3v) is 6.01. The normalized spacial score (nSPS) is 12.4. The lowest BCUT2D eigenvalue weighted by atomic mass is 9.96. The van der Waals surface area contributed by atoms with E-state index in [9.17, 15) is 0 Å². The number of aromatic nitrogens is 5. The molecule has 1 atom stereocenters. The lowest BCUT2D eigenvalue weighted by Gasteiger charge is -2.17. The highest BCUT2D eigenvalue weighted by Gasteiger charge is 2.21. The number of pyridine rings is 2. The zero-order valence-electron chi connectivity index (χ0n) is 16.5. The monoisotopic (exact) mass is 450 g/mol. The smallest absolute Gasteiger partial charge is 0.165 e. The van der Waals surface area contributed by atoms with Crippen LogP contribution in [0.25, 0.3) is 28.0 Å². The van der Waals surface area contributed by atoms with Crippen LogP contribution < -0.4 is 5.73 Å². The lowest BCUT2D eigenvalue weighted by molar-refractivity contribution is 0.578. The summed E-state index contributed by atoms with van der Waals surface area (Å²) in [7, 11) is 0. The highest BCUT2D eigenvalue weighted by Crippen LogP contribution is 2.35. The van der Waals surface area contributed by atoms with Gasteiger partial charge in [0, 0.05) is 41.2 Å². The van der Waals surface area contributed by atoms with Crippen molar-refractivity contribution in [3.8, 4) is 22.4 Å². The number of rotatable bonds is 6. The van der Waals surface area contributed by atoms with Crippen molar-refractivity contribution in [3.05, 3.63) is 59.2 Å². The van der Waals surface area contributed by atoms with Gasteiger partial charge in [0.2, 0.25) is 0 Å². The van der Waals surface area contributed by atoms with Gasteiger partial charge in [-0.2, -0.15) is 9.61 Å². The first-order valence-corrected chi connectivity index (χ1v) is 10.6. The maximum Gasteiger partial charge on any atom is 0.165 e. The predicted octanol–water partition coefficient (Wildman–Crippen LogP) is 5.49. The summed E-state index contributed by atoms with van der Waals surface area (Å²) >= 11 is 3.65. The minimum absolute atomic E-state index is 0.357. The van der Waals surface area contributed by atoms with Crippen LogP contribution in [-0.4, -0.2) is 24.6 Å². The van der Waals surface area contributed by atoms with Crippen molar-refractivity contribution in [2.75, 3.05) is 5.73 Å². The fraction of sp³-hybridized carbons (Fsp3) is 0.273. The topological polar surface area (TPSA) is 82.0 Å². The Balaban J connectivity index is 1.79. The van der Waals surface area contributed by atoms with E-state index in [-0.39, 0.29) is 0 Å². The minimum Gasteiger partial charge on any atom is -0.383 e. The molecule has 4 aromatic rings. The van der Waals surface area contributed by atoms with Crippen LogP contribution in [-0.2, 0) is 0 Å². The van der Waals surface area contributed by atoms with Gasteiger partial charge in [-0.25, -0.2) is 4.98 Å². The average molecular weight is 451 g/mol. The maximum atomic E-state index is 6.39. The molecular formula is C22H23BrN6. The fourth-order valence-corrected chi connectivity index (χ4v) is 4.19. The van der Waals surface area contributed by atoms with Crippen LogP contribution in [0.3, 0.4) is 0 Å². The van der Waals surface area contributed by atoms with E-state index in [0.29, 0.717) is 11.7 Å². The first-order valence-electron chi connectivity index (χ1n) is 9.83. The summed E-state index contributed by atoms with van der Waals surface area (Å²) in [5.74, 6) is 0.932. The Bertz CT molecular complexity index is 1120. The van der Waals surface area contributed by atoms with Crippen LogP contribution in [0, 0.1) is 0 Å². The van der Waals surface area contributed by atoms with Crippen molar-refractivity contribution in [2.45, 2.75) is 39.0 Å². The van der Waals surface area contributed by atoms with Gasteiger partial charge < -0.3 is 5.73 Å². The number of hydrogen-bond acceptors (Lipinski definition) is 5. The van der Waals surface area contributed by atoms with Gasteiger partial charge in [0.15, 0.2) is 5.65 Å². The molecule has 0 saturated carbocycles. The Morgan fingerprint density at radius 1 is 1.10 bits per heavy atom. The zero-order chi connectivity index (χ0) is 20.4. The quantitative estimate of drug-likeness (QED) is 0.419. The molecule has 4 heterocycles. The Kier molecular flexibility index (Phi) is 5.58. The SMILES string of the molecule is CCCC(CC)c1nc2c(-c3ccc(-c4cccnc4)nc3)cnn2c(N)c1Br. The Morgan fingerprint density at radius 3 is 2.62 bits per heavy atom. The van der Waals surface area contributed by atoms with Gasteiger partial charge in [0.05, 0.1) is 22.1 Å². The second-order valence-electron chi connectivity index (χ2n) is 7.06. The Hall–Kier alpha value is -2.80. The molecule has 2 N–H and O–H groups in total. The van der Waals surface area contributed by atoms with Crippen molar-refractivity contribution in [3.63, 3.8) is 0 Å². The standard InChI is InChI=1S/C22H23BrN6/c1-3-6-14(4-2)20-19(23)21(24)29-22(28-20)17(13-27-29)15-8-9-18(26-12-15)16-7-5-10-25-11-16/h5,7-14H,3-4,6,24H2,1-2H3. The van der Waals surface area contributed by atoms with E-state index in [1.165, 1.54) is 0 Å². The molecule has 0 spiro atoms. The highest BCUT2D eigenvalue weighted by molar-refractivity contribution is 9.10. The molecule has 1 unspecified atom stereocenters. The molecule has 0 aliphatic carbocycles. The van der Waals surface area contributed by atoms with Crippen LogP contribution in [0.15, 0.2) is 53.5 Å². The molecule has 0 radical (unpaired) electrons. The molecule has 148 valence electrons. The van der Waals surface area contributed by atoms with E-state index in [1.54, 1.807) is 16.9 Å². The molecule has 0 aliphatic rings. The zero-order valence-corrected chi connectivity index (χ0v) is 18.1. The number of anilines is 1. The fourth-order valence-electron chi connectivity index (χ4n) is 3.61. The van der Waals surface area contributed by atoms with Crippen molar-refractivity contribution in [1.82, 2.24) is 24.6 Å². The van der Waals surface area contributed by atoms with E-state index in [2.05, 4.69) is 44.8 Å². The molecule has 29 heavy (non-hydrogen) atoms. The molecule has 0 amide bonds. The summed E-state index contributed by atoms with van der Waals surface area (Å²) in [5.41, 5.74) is 11.9. The van der Waals surface area contributed by atoms with Gasteiger partial charge >= 0.3 is 0 Å². The number of nitrogens with two attached hydrogens (primary N) is 1. The molecule has 6 nitrogen and oxygen atoms in total. The summed E-state index contributed by atoms with van der Waals surface area (Å²) in [6.07, 6.45) is 10.4. The van der Waals surface area contributed by atoms with Gasteiger partial charge in [0.1, 0.15) is 5.82 Å². The van der Waals surface area contributed by atoms with Crippen molar-refractivity contribution >= 4 is 27.4 Å². The number of nitrogen functional groups attached to an aromatic ring is 1. The van der Waals surface area contributed by atoms with E-state index in [4.69, 9.17) is 10.7 Å². The van der Waals surface area contributed by atoms with Gasteiger partial charge in [-0.1, -0.05) is 26.3 Å². The maximum absolute atomic E-state index is 6.39. The number of halogens is 1. The van der Waals surface area contributed by atoms with Crippen molar-refractivity contribution in [2.24, 2.45) is 0 Å². The Morgan fingerprint density at radius 2 is 1.97 bits per heavy atom. The van der Waals surface area contributed by atoms with Gasteiger partial charge in [-0.05, 0) is 47.0 Å². The molecule has 0 saturated heterocycles. The van der Waals surface area contributed by atoms with Crippen molar-refractivity contribution < 1.29 is 0 Å². The van der Waals surface area contributed by atoms with Crippen LogP contribution in [0.4, 0.5) is 5.82 Å². The van der Waals surface area contributed by atoms with Gasteiger partial charge in [-0.15, -0.1) is 0 Å². The number of hydrogen-bond donors (Lipinski definition) is 1. The first kappa shape index (κ1) is 19.5. The van der Waals surface area contributed by atoms with Crippen LogP contribution >= 0.6 is 15.9 Å². The average Bonchev–Trinajstić information content (AvgIpc) is 3.19. The molecule has 0 bridgehead atoms. The summed E-state index contributed by atoms with van der Waals surface area (Å²) in [4.78, 5) is 13.7. The first-order chi connectivity index (χ1) is 14.1. The molecule has 0 aromatic carbocycles.